The molecule has 0 aromatic carbocycles. The zero-order valence-electron chi connectivity index (χ0n) is 12.9. The molecule has 0 aromatic heterocycles. The minimum absolute atomic E-state index is 0.337. The lowest BCUT2D eigenvalue weighted by molar-refractivity contribution is -0.132. The molecule has 0 bridgehead atoms. The van der Waals surface area contributed by atoms with E-state index in [1.807, 2.05) is 4.90 Å². The largest absolute Gasteiger partial charge is 0.342 e. The first kappa shape index (κ1) is 15.8. The summed E-state index contributed by atoms with van der Waals surface area (Å²) >= 11 is 0. The van der Waals surface area contributed by atoms with E-state index in [0.717, 1.165) is 32.6 Å². The third-order valence-corrected chi connectivity index (χ3v) is 4.79. The molecule has 0 atom stereocenters. The van der Waals surface area contributed by atoms with Crippen LogP contribution >= 0.6 is 0 Å². The van der Waals surface area contributed by atoms with Gasteiger partial charge >= 0.3 is 0 Å². The van der Waals surface area contributed by atoms with Crippen molar-refractivity contribution in [1.82, 2.24) is 9.80 Å². The zero-order valence-corrected chi connectivity index (χ0v) is 12.9. The van der Waals surface area contributed by atoms with Crippen LogP contribution in [0.4, 0.5) is 0 Å². The number of carbonyl (C=O) groups is 1. The Morgan fingerprint density at radius 1 is 1.05 bits per heavy atom. The second kappa shape index (κ2) is 8.63. The fraction of sp³-hybridized carbons (Fsp3) is 0.938. The van der Waals surface area contributed by atoms with E-state index in [-0.39, 0.29) is 0 Å². The molecule has 2 aliphatic rings. The lowest BCUT2D eigenvalue weighted by Crippen LogP contribution is -2.44. The van der Waals surface area contributed by atoms with Crippen LogP contribution in [0.3, 0.4) is 0 Å². The summed E-state index contributed by atoms with van der Waals surface area (Å²) in [7, 11) is 0. The van der Waals surface area contributed by atoms with Crippen molar-refractivity contribution in [1.29, 1.82) is 0 Å². The van der Waals surface area contributed by atoms with Gasteiger partial charge in [-0.1, -0.05) is 25.7 Å². The van der Waals surface area contributed by atoms with Crippen LogP contribution in [0.5, 0.6) is 0 Å². The van der Waals surface area contributed by atoms with E-state index in [0.29, 0.717) is 18.5 Å². The van der Waals surface area contributed by atoms with Gasteiger partial charge in [0.05, 0.1) is 6.54 Å². The highest BCUT2D eigenvalue weighted by Gasteiger charge is 2.25. The highest BCUT2D eigenvalue weighted by atomic mass is 16.2. The third-order valence-electron chi connectivity index (χ3n) is 4.79. The van der Waals surface area contributed by atoms with Gasteiger partial charge in [-0.05, 0) is 38.6 Å². The Labute approximate surface area is 123 Å². The molecule has 2 rings (SSSR count). The standard InChI is InChI=1S/C16H31N3O/c17-10-7-13-19(15-8-3-1-2-4-9-15)14-16(20)18-11-5-6-12-18/h15H,1-14,17H2. The molecule has 0 aromatic rings. The molecule has 0 radical (unpaired) electrons. The number of hydrogen-bond donors (Lipinski definition) is 1. The first-order chi connectivity index (χ1) is 9.81. The van der Waals surface area contributed by atoms with E-state index < -0.39 is 0 Å². The van der Waals surface area contributed by atoms with Gasteiger partial charge in [0, 0.05) is 25.7 Å². The van der Waals surface area contributed by atoms with E-state index in [1.54, 1.807) is 0 Å². The lowest BCUT2D eigenvalue weighted by Gasteiger charge is -2.32. The third kappa shape index (κ3) is 4.74. The average molecular weight is 281 g/mol. The minimum atomic E-state index is 0.337. The predicted octanol–water partition coefficient (Wildman–Crippen LogP) is 1.98. The highest BCUT2D eigenvalue weighted by molar-refractivity contribution is 5.78. The Hall–Kier alpha value is -0.610. The number of carbonyl (C=O) groups excluding carboxylic acids is 1. The van der Waals surface area contributed by atoms with Crippen molar-refractivity contribution in [2.75, 3.05) is 32.7 Å². The van der Waals surface area contributed by atoms with E-state index in [9.17, 15) is 4.79 Å². The normalized spacial score (nSPS) is 21.4. The fourth-order valence-electron chi connectivity index (χ4n) is 3.55. The molecule has 0 unspecified atom stereocenters. The molecule has 20 heavy (non-hydrogen) atoms. The molecule has 0 spiro atoms. The SMILES string of the molecule is NCCCN(CC(=O)N1CCCC1)C1CCCCCC1. The number of likely N-dealkylation sites (tertiary alicyclic amines) is 1. The van der Waals surface area contributed by atoms with E-state index in [4.69, 9.17) is 5.73 Å². The summed E-state index contributed by atoms with van der Waals surface area (Å²) in [4.78, 5) is 16.9. The highest BCUT2D eigenvalue weighted by Crippen LogP contribution is 2.22. The molecule has 4 nitrogen and oxygen atoms in total. The van der Waals surface area contributed by atoms with Gasteiger partial charge in [0.2, 0.25) is 5.91 Å². The van der Waals surface area contributed by atoms with Gasteiger partial charge in [0.1, 0.15) is 0 Å². The number of rotatable bonds is 6. The Kier molecular flexibility index (Phi) is 6.80. The molecule has 1 amide bonds. The van der Waals surface area contributed by atoms with Crippen LogP contribution in [0.1, 0.15) is 57.8 Å². The second-order valence-corrected chi connectivity index (χ2v) is 6.35. The van der Waals surface area contributed by atoms with Gasteiger partial charge in [-0.2, -0.15) is 0 Å². The summed E-state index contributed by atoms with van der Waals surface area (Å²) in [5.74, 6) is 0.337. The lowest BCUT2D eigenvalue weighted by atomic mass is 10.1. The maximum Gasteiger partial charge on any atom is 0.236 e. The second-order valence-electron chi connectivity index (χ2n) is 6.35. The molecule has 1 saturated heterocycles. The Morgan fingerprint density at radius 3 is 2.30 bits per heavy atom. The van der Waals surface area contributed by atoms with Gasteiger partial charge in [-0.25, -0.2) is 0 Å². The minimum Gasteiger partial charge on any atom is -0.342 e. The van der Waals surface area contributed by atoms with Crippen LogP contribution < -0.4 is 5.73 Å². The van der Waals surface area contributed by atoms with Gasteiger partial charge in [0.15, 0.2) is 0 Å². The molecular formula is C16H31N3O. The molecule has 2 fully saturated rings. The van der Waals surface area contributed by atoms with Crippen LogP contribution in [0.2, 0.25) is 0 Å². The van der Waals surface area contributed by atoms with Crippen LogP contribution in [0.15, 0.2) is 0 Å². The van der Waals surface area contributed by atoms with Crippen LogP contribution in [-0.2, 0) is 4.79 Å². The van der Waals surface area contributed by atoms with E-state index >= 15 is 0 Å². The maximum atomic E-state index is 12.4. The molecule has 4 heteroatoms. The number of amides is 1. The summed E-state index contributed by atoms with van der Waals surface area (Å²) in [6, 6.07) is 0.607. The average Bonchev–Trinajstić information content (AvgIpc) is 2.86. The quantitative estimate of drug-likeness (QED) is 0.757. The molecular weight excluding hydrogens is 250 g/mol. The smallest absolute Gasteiger partial charge is 0.236 e. The molecule has 1 aliphatic heterocycles. The van der Waals surface area contributed by atoms with Crippen molar-refractivity contribution in [2.24, 2.45) is 5.73 Å². The number of nitrogens with zero attached hydrogens (tertiary/aromatic N) is 2. The van der Waals surface area contributed by atoms with Crippen molar-refractivity contribution in [3.8, 4) is 0 Å². The molecule has 1 heterocycles. The van der Waals surface area contributed by atoms with Gasteiger partial charge < -0.3 is 10.6 Å². The predicted molar refractivity (Wildman–Crippen MR) is 82.5 cm³/mol. The first-order valence-electron chi connectivity index (χ1n) is 8.53. The Morgan fingerprint density at radius 2 is 1.70 bits per heavy atom. The van der Waals surface area contributed by atoms with Crippen molar-refractivity contribution in [3.63, 3.8) is 0 Å². The fourth-order valence-corrected chi connectivity index (χ4v) is 3.55. The summed E-state index contributed by atoms with van der Waals surface area (Å²) < 4.78 is 0. The van der Waals surface area contributed by atoms with Gasteiger partial charge in [-0.3, -0.25) is 9.69 Å². The summed E-state index contributed by atoms with van der Waals surface area (Å²) in [5.41, 5.74) is 5.67. The first-order valence-corrected chi connectivity index (χ1v) is 8.53. The Bertz CT molecular complexity index is 281. The van der Waals surface area contributed by atoms with Gasteiger partial charge in [0.25, 0.3) is 0 Å². The van der Waals surface area contributed by atoms with E-state index in [1.165, 1.54) is 51.4 Å². The Balaban J connectivity index is 1.88. The zero-order chi connectivity index (χ0) is 14.2. The monoisotopic (exact) mass is 281 g/mol. The van der Waals surface area contributed by atoms with Crippen molar-refractivity contribution >= 4 is 5.91 Å². The molecule has 116 valence electrons. The number of hydrogen-bond acceptors (Lipinski definition) is 3. The maximum absolute atomic E-state index is 12.4. The molecule has 1 aliphatic carbocycles. The van der Waals surface area contributed by atoms with Crippen molar-refractivity contribution in [3.05, 3.63) is 0 Å². The molecule has 2 N–H and O–H groups in total. The molecule has 1 saturated carbocycles. The van der Waals surface area contributed by atoms with Crippen molar-refractivity contribution in [2.45, 2.75) is 63.8 Å². The van der Waals surface area contributed by atoms with Crippen LogP contribution in [0, 0.1) is 0 Å². The van der Waals surface area contributed by atoms with E-state index in [2.05, 4.69) is 4.90 Å². The topological polar surface area (TPSA) is 49.6 Å². The van der Waals surface area contributed by atoms with Crippen LogP contribution in [0.25, 0.3) is 0 Å². The van der Waals surface area contributed by atoms with Crippen molar-refractivity contribution < 1.29 is 4.79 Å². The summed E-state index contributed by atoms with van der Waals surface area (Å²) in [5, 5.41) is 0. The summed E-state index contributed by atoms with van der Waals surface area (Å²) in [6.07, 6.45) is 11.3. The van der Waals surface area contributed by atoms with Crippen LogP contribution in [-0.4, -0.2) is 54.5 Å². The number of nitrogens with two attached hydrogens (primary N) is 1. The van der Waals surface area contributed by atoms with Gasteiger partial charge in [-0.15, -0.1) is 0 Å². The summed E-state index contributed by atoms with van der Waals surface area (Å²) in [6.45, 7) is 4.26.